The van der Waals surface area contributed by atoms with E-state index in [2.05, 4.69) is 10.4 Å². The van der Waals surface area contributed by atoms with E-state index in [-0.39, 0.29) is 5.91 Å². The van der Waals surface area contributed by atoms with Gasteiger partial charge in [-0.05, 0) is 38.5 Å². The lowest BCUT2D eigenvalue weighted by Crippen LogP contribution is -2.24. The molecule has 0 radical (unpaired) electrons. The lowest BCUT2D eigenvalue weighted by Gasteiger charge is -2.09. The van der Waals surface area contributed by atoms with Crippen LogP contribution < -0.4 is 5.32 Å². The normalized spacial score (nSPS) is 10.7. The van der Waals surface area contributed by atoms with Crippen molar-refractivity contribution in [2.75, 3.05) is 6.54 Å². The van der Waals surface area contributed by atoms with Crippen LogP contribution in [0.2, 0.25) is 10.0 Å². The van der Waals surface area contributed by atoms with Crippen molar-refractivity contribution in [3.05, 3.63) is 45.2 Å². The summed E-state index contributed by atoms with van der Waals surface area (Å²) in [4.78, 5) is 12.2. The molecule has 0 spiro atoms. The van der Waals surface area contributed by atoms with Gasteiger partial charge in [-0.1, -0.05) is 30.1 Å². The molecule has 0 aliphatic heterocycles. The van der Waals surface area contributed by atoms with Gasteiger partial charge >= 0.3 is 0 Å². The summed E-state index contributed by atoms with van der Waals surface area (Å²) < 4.78 is 1.75. The van der Waals surface area contributed by atoms with E-state index in [1.165, 1.54) is 0 Å². The molecule has 1 aromatic heterocycles. The van der Waals surface area contributed by atoms with Gasteiger partial charge < -0.3 is 5.32 Å². The molecule has 0 aliphatic rings. The number of carbonyl (C=O) groups excluding carboxylic acids is 1. The lowest BCUT2D eigenvalue weighted by atomic mass is 10.1. The highest BCUT2D eigenvalue weighted by molar-refractivity contribution is 6.42. The molecule has 21 heavy (non-hydrogen) atoms. The molecule has 1 heterocycles. The number of amides is 1. The molecule has 4 nitrogen and oxygen atoms in total. The van der Waals surface area contributed by atoms with E-state index in [1.54, 1.807) is 16.8 Å². The molecule has 6 heteroatoms. The Morgan fingerprint density at radius 2 is 2.00 bits per heavy atom. The molecule has 0 saturated carbocycles. The first-order valence-electron chi connectivity index (χ1n) is 6.81. The maximum Gasteiger partial charge on any atom is 0.255 e. The van der Waals surface area contributed by atoms with Crippen molar-refractivity contribution >= 4 is 29.1 Å². The lowest BCUT2D eigenvalue weighted by molar-refractivity contribution is 0.0954. The van der Waals surface area contributed by atoms with Gasteiger partial charge in [0.1, 0.15) is 0 Å². The highest BCUT2D eigenvalue weighted by Crippen LogP contribution is 2.26. The maximum absolute atomic E-state index is 12.2. The monoisotopic (exact) mass is 325 g/mol. The Balaban J connectivity index is 2.57. The average Bonchev–Trinajstić information content (AvgIpc) is 2.78. The van der Waals surface area contributed by atoms with E-state index in [4.69, 9.17) is 23.2 Å². The van der Waals surface area contributed by atoms with Crippen LogP contribution in [0.3, 0.4) is 0 Å². The molecule has 0 bridgehead atoms. The molecule has 0 atom stereocenters. The summed E-state index contributed by atoms with van der Waals surface area (Å²) >= 11 is 12.0. The van der Waals surface area contributed by atoms with Crippen molar-refractivity contribution in [3.63, 3.8) is 0 Å². The first kappa shape index (κ1) is 15.9. The van der Waals surface area contributed by atoms with Crippen molar-refractivity contribution in [1.82, 2.24) is 15.1 Å². The van der Waals surface area contributed by atoms with Crippen LogP contribution in [0.1, 0.15) is 35.6 Å². The van der Waals surface area contributed by atoms with E-state index in [1.807, 2.05) is 26.8 Å². The summed E-state index contributed by atoms with van der Waals surface area (Å²) in [6.45, 7) is 6.30. The fraction of sp³-hybridized carbons (Fsp3) is 0.333. The van der Waals surface area contributed by atoms with Crippen LogP contribution in [-0.2, 0) is 6.42 Å². The fourth-order valence-electron chi connectivity index (χ4n) is 2.28. The number of nitrogens with zero attached hydrogens (tertiary/aromatic N) is 2. The number of rotatable bonds is 4. The second kappa shape index (κ2) is 6.50. The molecule has 0 unspecified atom stereocenters. The molecule has 1 N–H and O–H groups in total. The molecule has 2 aromatic rings. The molecule has 1 amide bonds. The van der Waals surface area contributed by atoms with Crippen molar-refractivity contribution in [2.45, 2.75) is 27.2 Å². The standard InChI is InChI=1S/C15H17Cl2N3O/c1-4-13-14(15(21)18-5-2)9(3)19-20(13)10-6-7-11(16)12(17)8-10/h6-8H,4-5H2,1-3H3,(H,18,21). The number of nitrogens with one attached hydrogen (secondary N) is 1. The zero-order valence-corrected chi connectivity index (χ0v) is 13.7. The molecular weight excluding hydrogens is 309 g/mol. The van der Waals surface area contributed by atoms with E-state index in [9.17, 15) is 4.79 Å². The minimum absolute atomic E-state index is 0.0989. The zero-order chi connectivity index (χ0) is 15.6. The second-order valence-corrected chi connectivity index (χ2v) is 5.44. The Morgan fingerprint density at radius 1 is 1.29 bits per heavy atom. The molecular formula is C15H17Cl2N3O. The topological polar surface area (TPSA) is 46.9 Å². The van der Waals surface area contributed by atoms with Gasteiger partial charge in [-0.2, -0.15) is 5.10 Å². The summed E-state index contributed by atoms with van der Waals surface area (Å²) in [5.41, 5.74) is 2.98. The van der Waals surface area contributed by atoms with Gasteiger partial charge in [0.25, 0.3) is 5.91 Å². The van der Waals surface area contributed by atoms with Gasteiger partial charge in [-0.3, -0.25) is 4.79 Å². The SMILES string of the molecule is CCNC(=O)c1c(C)nn(-c2ccc(Cl)c(Cl)c2)c1CC. The molecule has 0 aliphatic carbocycles. The van der Waals surface area contributed by atoms with Crippen molar-refractivity contribution in [2.24, 2.45) is 0 Å². The van der Waals surface area contributed by atoms with E-state index >= 15 is 0 Å². The Bertz CT molecular complexity index is 680. The van der Waals surface area contributed by atoms with Crippen LogP contribution >= 0.6 is 23.2 Å². The molecule has 2 rings (SSSR count). The highest BCUT2D eigenvalue weighted by atomic mass is 35.5. The summed E-state index contributed by atoms with van der Waals surface area (Å²) in [5.74, 6) is -0.0989. The van der Waals surface area contributed by atoms with Crippen molar-refractivity contribution in [1.29, 1.82) is 0 Å². The summed E-state index contributed by atoms with van der Waals surface area (Å²) in [6, 6.07) is 5.31. The van der Waals surface area contributed by atoms with E-state index in [0.29, 0.717) is 34.3 Å². The van der Waals surface area contributed by atoms with Gasteiger partial charge in [0, 0.05) is 6.54 Å². The summed E-state index contributed by atoms with van der Waals surface area (Å²) in [5, 5.41) is 8.26. The number of benzene rings is 1. The largest absolute Gasteiger partial charge is 0.352 e. The maximum atomic E-state index is 12.2. The van der Waals surface area contributed by atoms with Crippen molar-refractivity contribution < 1.29 is 4.79 Å². The molecule has 0 saturated heterocycles. The Morgan fingerprint density at radius 3 is 2.57 bits per heavy atom. The Labute approximate surface area is 134 Å². The minimum Gasteiger partial charge on any atom is -0.352 e. The number of hydrogen-bond acceptors (Lipinski definition) is 2. The molecule has 112 valence electrons. The molecule has 0 fully saturated rings. The first-order valence-corrected chi connectivity index (χ1v) is 7.57. The average molecular weight is 326 g/mol. The summed E-state index contributed by atoms with van der Waals surface area (Å²) in [7, 11) is 0. The number of hydrogen-bond donors (Lipinski definition) is 1. The molecule has 1 aromatic carbocycles. The van der Waals surface area contributed by atoms with Crippen LogP contribution in [0, 0.1) is 6.92 Å². The third kappa shape index (κ3) is 3.06. The van der Waals surface area contributed by atoms with Crippen LogP contribution in [0.4, 0.5) is 0 Å². The number of carbonyl (C=O) groups is 1. The third-order valence-electron chi connectivity index (χ3n) is 3.20. The van der Waals surface area contributed by atoms with E-state index < -0.39 is 0 Å². The Kier molecular flexibility index (Phi) is 4.91. The zero-order valence-electron chi connectivity index (χ0n) is 12.2. The number of aromatic nitrogens is 2. The van der Waals surface area contributed by atoms with Crippen LogP contribution in [0.5, 0.6) is 0 Å². The minimum atomic E-state index is -0.0989. The first-order chi connectivity index (χ1) is 9.99. The Hall–Kier alpha value is -1.52. The number of halogens is 2. The predicted molar refractivity (Wildman–Crippen MR) is 85.7 cm³/mol. The van der Waals surface area contributed by atoms with Gasteiger partial charge in [0.2, 0.25) is 0 Å². The van der Waals surface area contributed by atoms with Gasteiger partial charge in [-0.25, -0.2) is 4.68 Å². The number of aryl methyl sites for hydroxylation is 1. The second-order valence-electron chi connectivity index (χ2n) is 4.63. The van der Waals surface area contributed by atoms with Crippen LogP contribution in [-0.4, -0.2) is 22.2 Å². The highest BCUT2D eigenvalue weighted by Gasteiger charge is 2.20. The van der Waals surface area contributed by atoms with E-state index in [0.717, 1.165) is 11.4 Å². The third-order valence-corrected chi connectivity index (χ3v) is 3.94. The van der Waals surface area contributed by atoms with Crippen molar-refractivity contribution in [3.8, 4) is 5.69 Å². The van der Waals surface area contributed by atoms with Gasteiger partial charge in [0.15, 0.2) is 0 Å². The quantitative estimate of drug-likeness (QED) is 0.929. The van der Waals surface area contributed by atoms with Gasteiger partial charge in [-0.15, -0.1) is 0 Å². The van der Waals surface area contributed by atoms with Crippen LogP contribution in [0.15, 0.2) is 18.2 Å². The fourth-order valence-corrected chi connectivity index (χ4v) is 2.57. The van der Waals surface area contributed by atoms with Crippen LogP contribution in [0.25, 0.3) is 5.69 Å². The summed E-state index contributed by atoms with van der Waals surface area (Å²) in [6.07, 6.45) is 0.688. The smallest absolute Gasteiger partial charge is 0.255 e. The predicted octanol–water partition coefficient (Wildman–Crippen LogP) is 3.80. The van der Waals surface area contributed by atoms with Gasteiger partial charge in [0.05, 0.1) is 32.7 Å².